The van der Waals surface area contributed by atoms with Gasteiger partial charge in [-0.25, -0.2) is 14.8 Å². The van der Waals surface area contributed by atoms with Crippen molar-refractivity contribution in [2.75, 3.05) is 13.2 Å². The first kappa shape index (κ1) is 15.7. The summed E-state index contributed by atoms with van der Waals surface area (Å²) in [5.41, 5.74) is 0.828. The van der Waals surface area contributed by atoms with E-state index in [0.29, 0.717) is 30.4 Å². The summed E-state index contributed by atoms with van der Waals surface area (Å²) in [5, 5.41) is 0. The minimum Gasteiger partial charge on any atom is -0.342 e. The molecule has 4 heterocycles. The van der Waals surface area contributed by atoms with Gasteiger partial charge in [-0.1, -0.05) is 6.07 Å². The molecule has 0 bridgehead atoms. The zero-order valence-electron chi connectivity index (χ0n) is 14.1. The third-order valence-electron chi connectivity index (χ3n) is 4.39. The minimum atomic E-state index is -0.898. The molecule has 1 N–H and O–H groups in total. The van der Waals surface area contributed by atoms with Crippen molar-refractivity contribution in [1.29, 1.82) is 0 Å². The van der Waals surface area contributed by atoms with Crippen LogP contribution in [-0.2, 0) is 29.4 Å². The Morgan fingerprint density at radius 1 is 1.12 bits per heavy atom. The van der Waals surface area contributed by atoms with Gasteiger partial charge in [-0.05, 0) is 19.1 Å². The Labute approximate surface area is 141 Å². The molecule has 9 heteroatoms. The number of ether oxygens (including phenoxy) is 2. The minimum absolute atomic E-state index is 0.256. The SMILES string of the molecule is Cn1c(=O)c2[nH]c(-c3cccc(C4(C)OCCO4)n3)nc2n(C)c1=O. The summed E-state index contributed by atoms with van der Waals surface area (Å²) in [6.07, 6.45) is 0. The van der Waals surface area contributed by atoms with Crippen molar-refractivity contribution in [3.05, 3.63) is 44.7 Å². The average molecular weight is 343 g/mol. The number of rotatable bonds is 2. The molecule has 9 nitrogen and oxygen atoms in total. The maximum atomic E-state index is 12.3. The van der Waals surface area contributed by atoms with E-state index in [1.807, 2.05) is 19.1 Å². The molecule has 1 aliphatic heterocycles. The highest BCUT2D eigenvalue weighted by Gasteiger charge is 2.34. The van der Waals surface area contributed by atoms with E-state index in [9.17, 15) is 9.59 Å². The predicted molar refractivity (Wildman–Crippen MR) is 89.1 cm³/mol. The van der Waals surface area contributed by atoms with Crippen molar-refractivity contribution < 1.29 is 9.47 Å². The van der Waals surface area contributed by atoms with Gasteiger partial charge in [0.05, 0.1) is 13.2 Å². The third kappa shape index (κ3) is 2.31. The molecule has 0 saturated carbocycles. The first-order valence-electron chi connectivity index (χ1n) is 7.82. The highest BCUT2D eigenvalue weighted by Crippen LogP contribution is 2.30. The van der Waals surface area contributed by atoms with Gasteiger partial charge in [-0.3, -0.25) is 13.9 Å². The second kappa shape index (κ2) is 5.36. The summed E-state index contributed by atoms with van der Waals surface area (Å²) in [5.74, 6) is -0.498. The van der Waals surface area contributed by atoms with Crippen LogP contribution >= 0.6 is 0 Å². The quantitative estimate of drug-likeness (QED) is 0.715. The van der Waals surface area contributed by atoms with Gasteiger partial charge in [-0.15, -0.1) is 0 Å². The van der Waals surface area contributed by atoms with E-state index < -0.39 is 17.0 Å². The fraction of sp³-hybridized carbons (Fsp3) is 0.375. The standard InChI is InChI=1S/C16H17N5O4/c1-16(24-7-8-25-16)10-6-4-5-9(17-10)12-18-11-13(19-12)20(2)15(23)21(3)14(11)22/h4-6H,7-8H2,1-3H3,(H,18,19). The van der Waals surface area contributed by atoms with Crippen molar-refractivity contribution in [2.45, 2.75) is 12.7 Å². The smallest absolute Gasteiger partial charge is 0.332 e. The number of nitrogens with one attached hydrogen (secondary N) is 1. The number of H-pyrrole nitrogens is 1. The Hall–Kier alpha value is -2.78. The van der Waals surface area contributed by atoms with Gasteiger partial charge >= 0.3 is 5.69 Å². The van der Waals surface area contributed by atoms with Crippen LogP contribution in [0.5, 0.6) is 0 Å². The molecule has 0 unspecified atom stereocenters. The van der Waals surface area contributed by atoms with Crippen molar-refractivity contribution >= 4 is 11.2 Å². The van der Waals surface area contributed by atoms with Crippen LogP contribution in [0, 0.1) is 0 Å². The highest BCUT2D eigenvalue weighted by atomic mass is 16.7. The Morgan fingerprint density at radius 3 is 2.56 bits per heavy atom. The van der Waals surface area contributed by atoms with Crippen molar-refractivity contribution in [3.63, 3.8) is 0 Å². The largest absolute Gasteiger partial charge is 0.342 e. The molecule has 0 aliphatic carbocycles. The predicted octanol–water partition coefficient (Wildman–Crippen LogP) is 0.242. The first-order chi connectivity index (χ1) is 11.9. The van der Waals surface area contributed by atoms with Crippen LogP contribution in [0.2, 0.25) is 0 Å². The molecule has 0 aromatic carbocycles. The normalized spacial score (nSPS) is 16.6. The van der Waals surface area contributed by atoms with Gasteiger partial charge in [0, 0.05) is 14.1 Å². The molecule has 0 spiro atoms. The number of aromatic amines is 1. The lowest BCUT2D eigenvalue weighted by Crippen LogP contribution is -2.36. The molecule has 3 aromatic rings. The fourth-order valence-corrected chi connectivity index (χ4v) is 2.93. The number of hydrogen-bond acceptors (Lipinski definition) is 6. The van der Waals surface area contributed by atoms with Crippen LogP contribution in [0.25, 0.3) is 22.7 Å². The van der Waals surface area contributed by atoms with Gasteiger partial charge in [0.2, 0.25) is 5.79 Å². The molecule has 130 valence electrons. The van der Waals surface area contributed by atoms with Crippen LogP contribution < -0.4 is 11.2 Å². The van der Waals surface area contributed by atoms with E-state index in [4.69, 9.17) is 9.47 Å². The molecule has 0 amide bonds. The molecule has 0 radical (unpaired) electrons. The molecule has 3 aromatic heterocycles. The molecule has 0 atom stereocenters. The molecule has 1 aliphatic rings. The van der Waals surface area contributed by atoms with E-state index in [1.165, 1.54) is 11.6 Å². The maximum Gasteiger partial charge on any atom is 0.332 e. The second-order valence-electron chi connectivity index (χ2n) is 6.04. The van der Waals surface area contributed by atoms with Gasteiger partial charge < -0.3 is 14.5 Å². The Morgan fingerprint density at radius 2 is 1.84 bits per heavy atom. The number of pyridine rings is 1. The van der Waals surface area contributed by atoms with E-state index in [-0.39, 0.29) is 11.2 Å². The lowest BCUT2D eigenvalue weighted by molar-refractivity contribution is -0.152. The molecule has 25 heavy (non-hydrogen) atoms. The topological polar surface area (TPSA) is 104 Å². The number of aromatic nitrogens is 5. The highest BCUT2D eigenvalue weighted by molar-refractivity contribution is 5.74. The van der Waals surface area contributed by atoms with Gasteiger partial charge in [0.25, 0.3) is 5.56 Å². The maximum absolute atomic E-state index is 12.3. The zero-order valence-corrected chi connectivity index (χ0v) is 14.1. The Balaban J connectivity index is 1.89. The van der Waals surface area contributed by atoms with Crippen LogP contribution in [0.15, 0.2) is 27.8 Å². The summed E-state index contributed by atoms with van der Waals surface area (Å²) in [6, 6.07) is 5.40. The van der Waals surface area contributed by atoms with E-state index in [0.717, 1.165) is 4.57 Å². The van der Waals surface area contributed by atoms with Crippen LogP contribution in [0.4, 0.5) is 0 Å². The molecular formula is C16H17N5O4. The van der Waals surface area contributed by atoms with E-state index in [1.54, 1.807) is 13.1 Å². The summed E-state index contributed by atoms with van der Waals surface area (Å²) >= 11 is 0. The first-order valence-corrected chi connectivity index (χ1v) is 7.82. The summed E-state index contributed by atoms with van der Waals surface area (Å²) in [7, 11) is 3.00. The lowest BCUT2D eigenvalue weighted by atomic mass is 10.2. The van der Waals surface area contributed by atoms with Crippen molar-refractivity contribution in [1.82, 2.24) is 24.1 Å². The second-order valence-corrected chi connectivity index (χ2v) is 6.04. The van der Waals surface area contributed by atoms with Crippen molar-refractivity contribution in [3.8, 4) is 11.5 Å². The van der Waals surface area contributed by atoms with E-state index in [2.05, 4.69) is 15.0 Å². The monoisotopic (exact) mass is 343 g/mol. The number of nitrogens with zero attached hydrogens (tertiary/aromatic N) is 4. The fourth-order valence-electron chi connectivity index (χ4n) is 2.93. The number of hydrogen-bond donors (Lipinski definition) is 1. The molecule has 4 rings (SSSR count). The number of imidazole rings is 1. The van der Waals surface area contributed by atoms with Crippen LogP contribution in [0.3, 0.4) is 0 Å². The van der Waals surface area contributed by atoms with Crippen LogP contribution in [0.1, 0.15) is 12.6 Å². The summed E-state index contributed by atoms with van der Waals surface area (Å²) in [6.45, 7) is 2.82. The summed E-state index contributed by atoms with van der Waals surface area (Å²) < 4.78 is 13.6. The lowest BCUT2D eigenvalue weighted by Gasteiger charge is -2.21. The molecular weight excluding hydrogens is 326 g/mol. The van der Waals surface area contributed by atoms with Gasteiger partial charge in [0.15, 0.2) is 11.5 Å². The van der Waals surface area contributed by atoms with Crippen molar-refractivity contribution in [2.24, 2.45) is 14.1 Å². The van der Waals surface area contributed by atoms with Gasteiger partial charge in [-0.2, -0.15) is 0 Å². The Kier molecular flexibility index (Phi) is 3.37. The molecule has 1 fully saturated rings. The summed E-state index contributed by atoms with van der Waals surface area (Å²) in [4.78, 5) is 36.2. The van der Waals surface area contributed by atoms with Gasteiger partial charge in [0.1, 0.15) is 16.9 Å². The zero-order chi connectivity index (χ0) is 17.8. The number of aryl methyl sites for hydroxylation is 1. The number of fused-ring (bicyclic) bond motifs is 1. The third-order valence-corrected chi connectivity index (χ3v) is 4.39. The average Bonchev–Trinajstić information content (AvgIpc) is 3.26. The Bertz CT molecular complexity index is 1090. The van der Waals surface area contributed by atoms with E-state index >= 15 is 0 Å². The molecule has 1 saturated heterocycles. The van der Waals surface area contributed by atoms with Crippen LogP contribution in [-0.4, -0.2) is 37.3 Å².